The molecule has 4 nitrogen and oxygen atoms in total. The quantitative estimate of drug-likeness (QED) is 0.168. The van der Waals surface area contributed by atoms with Crippen LogP contribution in [-0.4, -0.2) is 15.0 Å². The molecule has 2 heterocycles. The van der Waals surface area contributed by atoms with Gasteiger partial charge in [-0.2, -0.15) is 0 Å². The first-order valence-electron chi connectivity index (χ1n) is 21.1. The van der Waals surface area contributed by atoms with Gasteiger partial charge in [0.15, 0.2) is 17.5 Å². The minimum Gasteiger partial charge on any atom is -0.310 e. The third kappa shape index (κ3) is 5.65. The Kier molecular flexibility index (Phi) is 8.36. The molecule has 10 aromatic rings. The van der Waals surface area contributed by atoms with E-state index in [1.54, 1.807) is 0 Å². The number of fused-ring (bicyclic) bond motifs is 9. The molecule has 2 aliphatic rings. The Bertz CT molecular complexity index is 3220. The van der Waals surface area contributed by atoms with E-state index in [1.165, 1.54) is 50.3 Å². The number of aromatic nitrogens is 3. The van der Waals surface area contributed by atoms with Crippen LogP contribution in [0, 0.1) is 0 Å². The molecule has 1 spiro atoms. The second-order valence-corrected chi connectivity index (χ2v) is 16.0. The Balaban J connectivity index is 0.971. The van der Waals surface area contributed by atoms with E-state index in [9.17, 15) is 0 Å². The summed E-state index contributed by atoms with van der Waals surface area (Å²) in [6.07, 6.45) is 0. The van der Waals surface area contributed by atoms with Crippen molar-refractivity contribution < 1.29 is 0 Å². The molecule has 0 fully saturated rings. The summed E-state index contributed by atoms with van der Waals surface area (Å²) in [7, 11) is 0. The van der Waals surface area contributed by atoms with E-state index < -0.39 is 5.41 Å². The van der Waals surface area contributed by atoms with Crippen molar-refractivity contribution >= 4 is 17.1 Å². The lowest BCUT2D eigenvalue weighted by Gasteiger charge is -2.45. The van der Waals surface area contributed by atoms with Gasteiger partial charge in [0.25, 0.3) is 0 Å². The third-order valence-corrected chi connectivity index (χ3v) is 12.6. The SMILES string of the molecule is c1ccc(-c2ccc(-c3nc(-c4ccccc4)nc(-c4ccc(-c5ccc6c(c5)C5(c7ccccc7-6)c6ccccc6N(c6ccccc6)c6ccccc65)cc4)n3)cc2)cc1. The molecule has 1 aromatic heterocycles. The van der Waals surface area contributed by atoms with Gasteiger partial charge in [-0.05, 0) is 86.0 Å². The van der Waals surface area contributed by atoms with Crippen molar-refractivity contribution in [1.82, 2.24) is 15.0 Å². The van der Waals surface area contributed by atoms with Crippen LogP contribution in [0.4, 0.5) is 17.1 Å². The van der Waals surface area contributed by atoms with Crippen molar-refractivity contribution in [2.75, 3.05) is 4.90 Å². The summed E-state index contributed by atoms with van der Waals surface area (Å²) in [6, 6.07) is 82.4. The first kappa shape index (κ1) is 35.7. The molecule has 0 bridgehead atoms. The zero-order chi connectivity index (χ0) is 41.0. The summed E-state index contributed by atoms with van der Waals surface area (Å²) in [6.45, 7) is 0. The van der Waals surface area contributed by atoms with Crippen molar-refractivity contribution in [3.05, 3.63) is 253 Å². The molecule has 62 heavy (non-hydrogen) atoms. The number of anilines is 3. The maximum Gasteiger partial charge on any atom is 0.164 e. The second-order valence-electron chi connectivity index (χ2n) is 16.0. The van der Waals surface area contributed by atoms with E-state index in [2.05, 4.69) is 199 Å². The molecule has 0 radical (unpaired) electrons. The Morgan fingerprint density at radius 1 is 0.274 bits per heavy atom. The fourth-order valence-electron chi connectivity index (χ4n) is 9.75. The molecule has 0 saturated carbocycles. The average Bonchev–Trinajstić information content (AvgIpc) is 3.65. The summed E-state index contributed by atoms with van der Waals surface area (Å²) < 4.78 is 0. The van der Waals surface area contributed by atoms with Gasteiger partial charge < -0.3 is 4.90 Å². The molecule has 0 N–H and O–H groups in total. The molecular weight excluding hydrogens is 753 g/mol. The minimum absolute atomic E-state index is 0.519. The van der Waals surface area contributed by atoms with Crippen LogP contribution in [0.1, 0.15) is 22.3 Å². The van der Waals surface area contributed by atoms with Crippen LogP contribution in [0.3, 0.4) is 0 Å². The first-order chi connectivity index (χ1) is 30.7. The van der Waals surface area contributed by atoms with E-state index in [0.29, 0.717) is 17.5 Å². The van der Waals surface area contributed by atoms with Crippen LogP contribution in [0.15, 0.2) is 231 Å². The zero-order valence-electron chi connectivity index (χ0n) is 33.7. The van der Waals surface area contributed by atoms with Crippen LogP contribution < -0.4 is 4.90 Å². The van der Waals surface area contributed by atoms with Gasteiger partial charge in [-0.1, -0.05) is 200 Å². The monoisotopic (exact) mass is 790 g/mol. The first-order valence-corrected chi connectivity index (χ1v) is 21.1. The summed E-state index contributed by atoms with van der Waals surface area (Å²) >= 11 is 0. The van der Waals surface area contributed by atoms with E-state index >= 15 is 0 Å². The number of benzene rings is 9. The number of hydrogen-bond donors (Lipinski definition) is 0. The van der Waals surface area contributed by atoms with E-state index in [1.807, 2.05) is 36.4 Å². The molecule has 9 aromatic carbocycles. The van der Waals surface area contributed by atoms with E-state index in [-0.39, 0.29) is 0 Å². The lowest BCUT2D eigenvalue weighted by molar-refractivity contribution is 0.753. The third-order valence-electron chi connectivity index (χ3n) is 12.6. The van der Waals surface area contributed by atoms with Crippen molar-refractivity contribution in [1.29, 1.82) is 0 Å². The maximum atomic E-state index is 5.08. The zero-order valence-corrected chi connectivity index (χ0v) is 33.7. The molecule has 0 unspecified atom stereocenters. The molecule has 1 aliphatic carbocycles. The van der Waals surface area contributed by atoms with Gasteiger partial charge in [-0.3, -0.25) is 0 Å². The minimum atomic E-state index is -0.519. The number of hydrogen-bond acceptors (Lipinski definition) is 4. The van der Waals surface area contributed by atoms with Crippen molar-refractivity contribution in [2.24, 2.45) is 0 Å². The standard InChI is InChI=1S/C58H38N4/c1-4-16-39(17-5-1)40-28-32-43(33-29-40)56-59-55(42-18-6-2-7-19-42)60-57(61-56)44-34-30-41(31-35-44)45-36-37-48-47-22-10-11-23-49(47)58(52(48)38-45)50-24-12-14-26-53(50)62(46-20-8-3-9-21-46)54-27-15-13-25-51(54)58/h1-38H. The molecule has 12 rings (SSSR count). The van der Waals surface area contributed by atoms with E-state index in [0.717, 1.165) is 39.1 Å². The summed E-state index contributed by atoms with van der Waals surface area (Å²) in [5.74, 6) is 1.92. The highest BCUT2D eigenvalue weighted by Gasteiger charge is 2.51. The van der Waals surface area contributed by atoms with Crippen LogP contribution in [0.5, 0.6) is 0 Å². The Labute approximate surface area is 361 Å². The van der Waals surface area contributed by atoms with Gasteiger partial charge in [0, 0.05) is 22.4 Å². The van der Waals surface area contributed by atoms with Gasteiger partial charge >= 0.3 is 0 Å². The smallest absolute Gasteiger partial charge is 0.164 e. The maximum absolute atomic E-state index is 5.08. The van der Waals surface area contributed by atoms with E-state index in [4.69, 9.17) is 15.0 Å². The molecule has 290 valence electrons. The van der Waals surface area contributed by atoms with Gasteiger partial charge in [0.2, 0.25) is 0 Å². The number of para-hydroxylation sites is 3. The van der Waals surface area contributed by atoms with Gasteiger partial charge in [0.05, 0.1) is 16.8 Å². The second kappa shape index (κ2) is 14.5. The Morgan fingerprint density at radius 3 is 1.21 bits per heavy atom. The van der Waals surface area contributed by atoms with Crippen molar-refractivity contribution in [3.8, 4) is 67.5 Å². The lowest BCUT2D eigenvalue weighted by atomic mass is 9.64. The molecule has 0 saturated heterocycles. The van der Waals surface area contributed by atoms with Gasteiger partial charge in [-0.15, -0.1) is 0 Å². The molecule has 1 aliphatic heterocycles. The molecule has 0 amide bonds. The summed E-state index contributed by atoms with van der Waals surface area (Å²) in [5, 5.41) is 0. The normalized spacial score (nSPS) is 12.9. The molecular formula is C58H38N4. The highest BCUT2D eigenvalue weighted by atomic mass is 15.2. The van der Waals surface area contributed by atoms with Gasteiger partial charge in [0.1, 0.15) is 0 Å². The molecule has 4 heteroatoms. The topological polar surface area (TPSA) is 41.9 Å². The highest BCUT2D eigenvalue weighted by molar-refractivity contribution is 5.96. The Morgan fingerprint density at radius 2 is 0.645 bits per heavy atom. The average molecular weight is 791 g/mol. The van der Waals surface area contributed by atoms with Crippen molar-refractivity contribution in [2.45, 2.75) is 5.41 Å². The number of nitrogens with zero attached hydrogens (tertiary/aromatic N) is 4. The summed E-state index contributed by atoms with van der Waals surface area (Å²) in [5.41, 5.74) is 18.1. The van der Waals surface area contributed by atoms with Crippen LogP contribution in [-0.2, 0) is 5.41 Å². The fraction of sp³-hybridized carbons (Fsp3) is 0.0172. The van der Waals surface area contributed by atoms with Crippen LogP contribution in [0.2, 0.25) is 0 Å². The number of rotatable bonds is 6. The largest absolute Gasteiger partial charge is 0.310 e. The Hall–Kier alpha value is -8.21. The predicted octanol–water partition coefficient (Wildman–Crippen LogP) is 14.4. The van der Waals surface area contributed by atoms with Crippen molar-refractivity contribution in [3.63, 3.8) is 0 Å². The molecule has 0 atom stereocenters. The van der Waals surface area contributed by atoms with Crippen LogP contribution >= 0.6 is 0 Å². The predicted molar refractivity (Wildman–Crippen MR) is 253 cm³/mol. The highest BCUT2D eigenvalue weighted by Crippen LogP contribution is 2.63. The lowest BCUT2D eigenvalue weighted by Crippen LogP contribution is -2.36. The fourth-order valence-corrected chi connectivity index (χ4v) is 9.75. The summed E-state index contributed by atoms with van der Waals surface area (Å²) in [4.78, 5) is 17.5. The van der Waals surface area contributed by atoms with Gasteiger partial charge in [-0.25, -0.2) is 15.0 Å². The van der Waals surface area contributed by atoms with Crippen LogP contribution in [0.25, 0.3) is 67.5 Å².